The summed E-state index contributed by atoms with van der Waals surface area (Å²) in [7, 11) is 3.64. The highest BCUT2D eigenvalue weighted by molar-refractivity contribution is 5.76. The molecule has 0 saturated heterocycles. The van der Waals surface area contributed by atoms with Crippen molar-refractivity contribution < 1.29 is 4.74 Å². The summed E-state index contributed by atoms with van der Waals surface area (Å²) in [6, 6.07) is 11.8. The number of fused-ring (bicyclic) bond motifs is 1. The molecule has 0 aliphatic carbocycles. The first-order valence-corrected chi connectivity index (χ1v) is 8.29. The predicted octanol–water partition coefficient (Wildman–Crippen LogP) is 4.09. The third-order valence-electron chi connectivity index (χ3n) is 4.09. The van der Waals surface area contributed by atoms with E-state index in [9.17, 15) is 0 Å². The molecule has 0 amide bonds. The second kappa shape index (κ2) is 6.48. The van der Waals surface area contributed by atoms with Gasteiger partial charge in [-0.05, 0) is 42.8 Å². The molecule has 1 aromatic carbocycles. The molecule has 0 saturated carbocycles. The maximum absolute atomic E-state index is 5.33. The van der Waals surface area contributed by atoms with Gasteiger partial charge < -0.3 is 14.6 Å². The Hall–Kier alpha value is -3.41. The lowest BCUT2D eigenvalue weighted by Crippen LogP contribution is -1.97. The van der Waals surface area contributed by atoms with Crippen LogP contribution in [0.15, 0.2) is 55.0 Å². The van der Waals surface area contributed by atoms with Crippen LogP contribution in [0.2, 0.25) is 0 Å². The molecule has 3 heterocycles. The zero-order valence-corrected chi connectivity index (χ0v) is 14.9. The Morgan fingerprint density at radius 3 is 2.73 bits per heavy atom. The predicted molar refractivity (Wildman–Crippen MR) is 103 cm³/mol. The van der Waals surface area contributed by atoms with E-state index in [0.29, 0.717) is 11.5 Å². The Kier molecular flexibility index (Phi) is 4.01. The van der Waals surface area contributed by atoms with Crippen LogP contribution in [0.1, 0.15) is 5.56 Å². The smallest absolute Gasteiger partial charge is 0.180 e. The van der Waals surface area contributed by atoms with Crippen LogP contribution in [0, 0.1) is 6.92 Å². The van der Waals surface area contributed by atoms with E-state index in [2.05, 4.69) is 20.3 Å². The standard InChI is InChI=1S/C20H19N5O/c1-13-8-15(10-16(9-13)26-3)22-19-5-4-17-20(24-19)23-18(11-21-17)14-6-7-25(2)12-14/h4-12H,1-3H3,(H,22,23,24). The molecule has 0 aliphatic heterocycles. The number of ether oxygens (including phenoxy) is 1. The lowest BCUT2D eigenvalue weighted by atomic mass is 10.2. The molecule has 26 heavy (non-hydrogen) atoms. The van der Waals surface area contributed by atoms with Crippen molar-refractivity contribution in [1.82, 2.24) is 19.5 Å². The molecule has 3 aromatic heterocycles. The number of aryl methyl sites for hydroxylation is 2. The summed E-state index contributed by atoms with van der Waals surface area (Å²) < 4.78 is 7.31. The molecule has 0 fully saturated rings. The van der Waals surface area contributed by atoms with Gasteiger partial charge in [0, 0.05) is 36.8 Å². The molecule has 4 rings (SSSR count). The minimum absolute atomic E-state index is 0.607. The number of benzene rings is 1. The molecule has 0 aliphatic rings. The van der Waals surface area contributed by atoms with Crippen LogP contribution < -0.4 is 10.1 Å². The zero-order valence-electron chi connectivity index (χ0n) is 14.9. The van der Waals surface area contributed by atoms with Gasteiger partial charge in [-0.2, -0.15) is 0 Å². The summed E-state index contributed by atoms with van der Waals surface area (Å²) in [5.74, 6) is 1.52. The van der Waals surface area contributed by atoms with E-state index in [1.165, 1.54) is 0 Å². The van der Waals surface area contributed by atoms with E-state index in [4.69, 9.17) is 4.74 Å². The highest BCUT2D eigenvalue weighted by Crippen LogP contribution is 2.24. The molecule has 0 spiro atoms. The largest absolute Gasteiger partial charge is 0.497 e. The fraction of sp³-hybridized carbons (Fsp3) is 0.150. The first-order chi connectivity index (χ1) is 12.6. The van der Waals surface area contributed by atoms with E-state index >= 15 is 0 Å². The van der Waals surface area contributed by atoms with Gasteiger partial charge in [-0.15, -0.1) is 0 Å². The molecule has 0 bridgehead atoms. The second-order valence-corrected chi connectivity index (χ2v) is 6.22. The second-order valence-electron chi connectivity index (χ2n) is 6.22. The Morgan fingerprint density at radius 2 is 1.96 bits per heavy atom. The topological polar surface area (TPSA) is 64.9 Å². The number of hydrogen-bond donors (Lipinski definition) is 1. The number of methoxy groups -OCH3 is 1. The van der Waals surface area contributed by atoms with Gasteiger partial charge in [-0.1, -0.05) is 0 Å². The number of nitrogens with zero attached hydrogens (tertiary/aromatic N) is 4. The number of nitrogens with one attached hydrogen (secondary N) is 1. The van der Waals surface area contributed by atoms with Gasteiger partial charge in [0.05, 0.1) is 19.0 Å². The van der Waals surface area contributed by atoms with E-state index in [1.54, 1.807) is 13.3 Å². The van der Waals surface area contributed by atoms with Crippen molar-refractivity contribution in [1.29, 1.82) is 0 Å². The third-order valence-corrected chi connectivity index (χ3v) is 4.09. The highest BCUT2D eigenvalue weighted by atomic mass is 16.5. The third kappa shape index (κ3) is 3.21. The first kappa shape index (κ1) is 16.1. The maximum atomic E-state index is 5.33. The lowest BCUT2D eigenvalue weighted by molar-refractivity contribution is 0.414. The van der Waals surface area contributed by atoms with E-state index in [-0.39, 0.29) is 0 Å². The number of rotatable bonds is 4. The van der Waals surface area contributed by atoms with Crippen molar-refractivity contribution >= 4 is 22.7 Å². The molecular weight excluding hydrogens is 326 g/mol. The van der Waals surface area contributed by atoms with Crippen LogP contribution in [-0.4, -0.2) is 26.6 Å². The van der Waals surface area contributed by atoms with Gasteiger partial charge in [0.15, 0.2) is 5.65 Å². The minimum atomic E-state index is 0.607. The molecular formula is C20H19N5O. The van der Waals surface area contributed by atoms with Crippen molar-refractivity contribution in [2.45, 2.75) is 6.92 Å². The maximum Gasteiger partial charge on any atom is 0.180 e. The number of hydrogen-bond acceptors (Lipinski definition) is 5. The summed E-state index contributed by atoms with van der Waals surface area (Å²) in [6.07, 6.45) is 5.77. The summed E-state index contributed by atoms with van der Waals surface area (Å²) in [5, 5.41) is 3.31. The Balaban J connectivity index is 1.69. The first-order valence-electron chi connectivity index (χ1n) is 8.29. The van der Waals surface area contributed by atoms with Crippen LogP contribution >= 0.6 is 0 Å². The van der Waals surface area contributed by atoms with E-state index in [1.807, 2.05) is 67.3 Å². The molecule has 0 unspecified atom stereocenters. The Labute approximate surface area is 151 Å². The fourth-order valence-electron chi connectivity index (χ4n) is 2.85. The SMILES string of the molecule is COc1cc(C)cc(Nc2ccc3ncc(-c4ccn(C)c4)nc3n2)c1. The fourth-order valence-corrected chi connectivity index (χ4v) is 2.85. The van der Waals surface area contributed by atoms with E-state index < -0.39 is 0 Å². The van der Waals surface area contributed by atoms with E-state index in [0.717, 1.165) is 33.8 Å². The van der Waals surface area contributed by atoms with Crippen LogP contribution in [0.3, 0.4) is 0 Å². The molecule has 0 atom stereocenters. The lowest BCUT2D eigenvalue weighted by Gasteiger charge is -2.09. The monoisotopic (exact) mass is 345 g/mol. The van der Waals surface area contributed by atoms with Crippen molar-refractivity contribution in [2.75, 3.05) is 12.4 Å². The van der Waals surface area contributed by atoms with Crippen molar-refractivity contribution in [3.05, 3.63) is 60.6 Å². The van der Waals surface area contributed by atoms with Gasteiger partial charge in [-0.3, -0.25) is 4.98 Å². The van der Waals surface area contributed by atoms with Gasteiger partial charge in [0.1, 0.15) is 17.1 Å². The molecule has 1 N–H and O–H groups in total. The average molecular weight is 345 g/mol. The molecule has 6 heteroatoms. The molecule has 130 valence electrons. The summed E-state index contributed by atoms with van der Waals surface area (Å²) in [5.41, 5.74) is 5.22. The van der Waals surface area contributed by atoms with Crippen molar-refractivity contribution in [3.63, 3.8) is 0 Å². The Morgan fingerprint density at radius 1 is 1.08 bits per heavy atom. The minimum Gasteiger partial charge on any atom is -0.497 e. The molecule has 0 radical (unpaired) electrons. The van der Waals surface area contributed by atoms with Crippen molar-refractivity contribution in [3.8, 4) is 17.0 Å². The zero-order chi connectivity index (χ0) is 18.1. The van der Waals surface area contributed by atoms with Gasteiger partial charge in [0.2, 0.25) is 0 Å². The van der Waals surface area contributed by atoms with Crippen LogP contribution in [0.25, 0.3) is 22.4 Å². The van der Waals surface area contributed by atoms with Gasteiger partial charge in [0.25, 0.3) is 0 Å². The molecule has 6 nitrogen and oxygen atoms in total. The normalized spacial score (nSPS) is 10.9. The molecule has 4 aromatic rings. The Bertz CT molecular complexity index is 1090. The number of anilines is 2. The quantitative estimate of drug-likeness (QED) is 0.603. The van der Waals surface area contributed by atoms with Crippen molar-refractivity contribution in [2.24, 2.45) is 7.05 Å². The number of pyridine rings is 1. The summed E-state index contributed by atoms with van der Waals surface area (Å²) >= 11 is 0. The van der Waals surface area contributed by atoms with Crippen LogP contribution in [-0.2, 0) is 7.05 Å². The summed E-state index contributed by atoms with van der Waals surface area (Å²) in [6.45, 7) is 2.03. The van der Waals surface area contributed by atoms with Gasteiger partial charge in [-0.25, -0.2) is 9.97 Å². The highest BCUT2D eigenvalue weighted by Gasteiger charge is 2.07. The van der Waals surface area contributed by atoms with Crippen LogP contribution in [0.5, 0.6) is 5.75 Å². The van der Waals surface area contributed by atoms with Crippen LogP contribution in [0.4, 0.5) is 11.5 Å². The summed E-state index contributed by atoms with van der Waals surface area (Å²) in [4.78, 5) is 13.8. The average Bonchev–Trinajstić information content (AvgIpc) is 3.07. The number of aromatic nitrogens is 4. The van der Waals surface area contributed by atoms with Gasteiger partial charge >= 0.3 is 0 Å².